The minimum atomic E-state index is -1.22. The molecule has 1 N–H and O–H groups in total. The van der Waals surface area contributed by atoms with Crippen LogP contribution in [0.1, 0.15) is 15.9 Å². The molecule has 3 rings (SSSR count). The lowest BCUT2D eigenvalue weighted by Crippen LogP contribution is -2.19. The molecule has 1 aliphatic heterocycles. The molecule has 0 unspecified atom stereocenters. The summed E-state index contributed by atoms with van der Waals surface area (Å²) in [5.41, 5.74) is -0.568. The van der Waals surface area contributed by atoms with E-state index in [1.54, 1.807) is 6.07 Å². The molecule has 8 nitrogen and oxygen atoms in total. The molecule has 1 heterocycles. The second-order valence-electron chi connectivity index (χ2n) is 5.91. The van der Waals surface area contributed by atoms with Crippen LogP contribution < -0.4 is 10.1 Å². The normalized spacial score (nSPS) is 15.9. The van der Waals surface area contributed by atoms with Gasteiger partial charge in [0.25, 0.3) is 5.91 Å². The van der Waals surface area contributed by atoms with Crippen molar-refractivity contribution in [3.8, 4) is 5.75 Å². The van der Waals surface area contributed by atoms with Gasteiger partial charge in [0, 0.05) is 16.1 Å². The molecule has 1 fully saturated rings. The number of amides is 1. The number of thioether (sulfide) groups is 1. The highest BCUT2D eigenvalue weighted by Crippen LogP contribution is 2.25. The van der Waals surface area contributed by atoms with E-state index < -0.39 is 35.0 Å². The number of hydrogen-bond acceptors (Lipinski definition) is 8. The average Bonchev–Trinajstić information content (AvgIpc) is 3.08. The predicted molar refractivity (Wildman–Crippen MR) is 116 cm³/mol. The smallest absolute Gasteiger partial charge is 0.349 e. The molecule has 1 amide bonds. The third-order valence-corrected chi connectivity index (χ3v) is 5.18. The van der Waals surface area contributed by atoms with Crippen molar-refractivity contribution in [1.29, 1.82) is 0 Å². The van der Waals surface area contributed by atoms with Crippen LogP contribution in [0.15, 0.2) is 62.1 Å². The van der Waals surface area contributed by atoms with Crippen LogP contribution in [0.5, 0.6) is 5.75 Å². The molecule has 1 aliphatic rings. The number of nitrogens with one attached hydrogen (secondary N) is 1. The second-order valence-corrected chi connectivity index (χ2v) is 7.85. The summed E-state index contributed by atoms with van der Waals surface area (Å²) < 4.78 is 37.9. The largest absolute Gasteiger partial charge is 0.466 e. The van der Waals surface area contributed by atoms with E-state index in [-0.39, 0.29) is 21.4 Å². The molecule has 2 aromatic rings. The Kier molecular flexibility index (Phi) is 7.49. The highest BCUT2D eigenvalue weighted by atomic mass is 79.9. The van der Waals surface area contributed by atoms with Crippen molar-refractivity contribution < 1.29 is 32.6 Å². The van der Waals surface area contributed by atoms with E-state index in [4.69, 9.17) is 4.74 Å². The number of carbonyl (C=O) groups excluding carboxylic acids is 3. The molecule has 12 heteroatoms. The van der Waals surface area contributed by atoms with Crippen molar-refractivity contribution in [2.75, 3.05) is 7.11 Å². The van der Waals surface area contributed by atoms with E-state index in [9.17, 15) is 23.2 Å². The molecule has 164 valence electrons. The van der Waals surface area contributed by atoms with Crippen molar-refractivity contribution in [3.05, 3.63) is 74.6 Å². The van der Waals surface area contributed by atoms with Crippen molar-refractivity contribution in [2.45, 2.75) is 0 Å². The monoisotopic (exact) mass is 523 g/mol. The molecule has 2 aromatic carbocycles. The highest BCUT2D eigenvalue weighted by Gasteiger charge is 2.25. The fourth-order valence-corrected chi connectivity index (χ4v) is 3.46. The highest BCUT2D eigenvalue weighted by molar-refractivity contribution is 9.10. The number of benzene rings is 2. The summed E-state index contributed by atoms with van der Waals surface area (Å²) in [4.78, 5) is 35.4. The number of halogens is 3. The third-order valence-electron chi connectivity index (χ3n) is 3.79. The zero-order valence-electron chi connectivity index (χ0n) is 16.1. The van der Waals surface area contributed by atoms with Crippen LogP contribution in [0.3, 0.4) is 0 Å². The van der Waals surface area contributed by atoms with Gasteiger partial charge in [-0.2, -0.15) is 5.10 Å². The van der Waals surface area contributed by atoms with Crippen LogP contribution in [-0.2, 0) is 14.3 Å². The summed E-state index contributed by atoms with van der Waals surface area (Å²) in [6, 6.07) is 7.50. The number of nitrogens with zero attached hydrogens (tertiary/aromatic N) is 2. The minimum absolute atomic E-state index is 0.0285. The van der Waals surface area contributed by atoms with Gasteiger partial charge in [0.15, 0.2) is 5.17 Å². The van der Waals surface area contributed by atoms with Gasteiger partial charge in [-0.15, -0.1) is 5.10 Å². The number of carbonyl (C=O) groups is 3. The predicted octanol–water partition coefficient (Wildman–Crippen LogP) is 3.56. The first-order valence-electron chi connectivity index (χ1n) is 8.64. The van der Waals surface area contributed by atoms with E-state index in [1.165, 1.54) is 25.5 Å². The maximum Gasteiger partial charge on any atom is 0.349 e. The molecule has 0 atom stereocenters. The maximum atomic E-state index is 13.8. The van der Waals surface area contributed by atoms with Gasteiger partial charge in [0.2, 0.25) is 0 Å². The van der Waals surface area contributed by atoms with E-state index in [0.29, 0.717) is 4.47 Å². The summed E-state index contributed by atoms with van der Waals surface area (Å²) in [5, 5.41) is 10.2. The third kappa shape index (κ3) is 5.65. The standard InChI is InChI=1S/C20H12BrF2N3O5S/c1-30-16(27)8-15-18(28)25-20(32-15)26-24-9-10-7-11(21)5-6-14(10)31-19(29)17-12(22)3-2-4-13(17)23/h2-9H,1H3,(H,25,26,28)/b15-8+,24-9?. The average molecular weight is 524 g/mol. The summed E-state index contributed by atoms with van der Waals surface area (Å²) in [6.07, 6.45) is 2.23. The van der Waals surface area contributed by atoms with Gasteiger partial charge in [0.05, 0.1) is 18.2 Å². The van der Waals surface area contributed by atoms with Crippen molar-refractivity contribution in [1.82, 2.24) is 5.32 Å². The fraction of sp³-hybridized carbons (Fsp3) is 0.0500. The molecule has 32 heavy (non-hydrogen) atoms. The molecule has 0 bridgehead atoms. The van der Waals surface area contributed by atoms with Crippen LogP contribution in [0.4, 0.5) is 8.78 Å². The van der Waals surface area contributed by atoms with Gasteiger partial charge < -0.3 is 9.47 Å². The van der Waals surface area contributed by atoms with Gasteiger partial charge in [-0.25, -0.2) is 18.4 Å². The minimum Gasteiger partial charge on any atom is -0.466 e. The Hall–Kier alpha value is -3.38. The molecule has 0 spiro atoms. The van der Waals surface area contributed by atoms with Gasteiger partial charge >= 0.3 is 11.9 Å². The van der Waals surface area contributed by atoms with Crippen LogP contribution >= 0.6 is 27.7 Å². The van der Waals surface area contributed by atoms with Crippen molar-refractivity contribution >= 4 is 56.9 Å². The van der Waals surface area contributed by atoms with Crippen LogP contribution in [0.25, 0.3) is 0 Å². The molecular weight excluding hydrogens is 512 g/mol. The Morgan fingerprint density at radius 3 is 2.59 bits per heavy atom. The number of ether oxygens (including phenoxy) is 2. The zero-order chi connectivity index (χ0) is 23.3. The van der Waals surface area contributed by atoms with Crippen LogP contribution in [0.2, 0.25) is 0 Å². The lowest BCUT2D eigenvalue weighted by molar-refractivity contribution is -0.135. The van der Waals surface area contributed by atoms with Gasteiger partial charge in [-0.05, 0) is 42.1 Å². The lowest BCUT2D eigenvalue weighted by atomic mass is 10.2. The maximum absolute atomic E-state index is 13.8. The summed E-state index contributed by atoms with van der Waals surface area (Å²) in [5.74, 6) is -4.60. The van der Waals surface area contributed by atoms with Gasteiger partial charge in [0.1, 0.15) is 22.9 Å². The van der Waals surface area contributed by atoms with Crippen LogP contribution in [0, 0.1) is 11.6 Å². The molecule has 0 radical (unpaired) electrons. The molecular formula is C20H12BrF2N3O5S. The Labute approximate surface area is 192 Å². The van der Waals surface area contributed by atoms with Gasteiger partial charge in [-0.3, -0.25) is 10.1 Å². The number of methoxy groups -OCH3 is 1. The lowest BCUT2D eigenvalue weighted by Gasteiger charge is -2.09. The topological polar surface area (TPSA) is 106 Å². The molecule has 1 saturated heterocycles. The number of esters is 2. The van der Waals surface area contributed by atoms with Crippen molar-refractivity contribution in [3.63, 3.8) is 0 Å². The van der Waals surface area contributed by atoms with E-state index in [1.807, 2.05) is 0 Å². The Morgan fingerprint density at radius 2 is 1.91 bits per heavy atom. The van der Waals surface area contributed by atoms with Crippen molar-refractivity contribution in [2.24, 2.45) is 10.2 Å². The second kappa shape index (κ2) is 10.3. The van der Waals surface area contributed by atoms with E-state index in [2.05, 4.69) is 36.2 Å². The number of amidine groups is 1. The summed E-state index contributed by atoms with van der Waals surface area (Å²) in [7, 11) is 1.18. The summed E-state index contributed by atoms with van der Waals surface area (Å²) in [6.45, 7) is 0. The van der Waals surface area contributed by atoms with E-state index in [0.717, 1.165) is 36.0 Å². The number of hydrogen-bond donors (Lipinski definition) is 1. The van der Waals surface area contributed by atoms with Gasteiger partial charge in [-0.1, -0.05) is 22.0 Å². The zero-order valence-corrected chi connectivity index (χ0v) is 18.5. The van der Waals surface area contributed by atoms with E-state index >= 15 is 0 Å². The Balaban J connectivity index is 1.80. The first-order chi connectivity index (χ1) is 15.3. The Bertz CT molecular complexity index is 1180. The SMILES string of the molecule is COC(=O)/C=C1/S/C(=N\N=Cc2cc(Br)ccc2OC(=O)c2c(F)cccc2F)NC1=O. The van der Waals surface area contributed by atoms with Crippen LogP contribution in [-0.4, -0.2) is 36.3 Å². The quantitative estimate of drug-likeness (QED) is 0.211. The summed E-state index contributed by atoms with van der Waals surface area (Å²) >= 11 is 4.14. The Morgan fingerprint density at radius 1 is 1.19 bits per heavy atom. The fourth-order valence-electron chi connectivity index (χ4n) is 2.34. The molecule has 0 saturated carbocycles. The first kappa shape index (κ1) is 23.3. The number of rotatable bonds is 5. The molecule has 0 aliphatic carbocycles. The molecule has 0 aromatic heterocycles. The first-order valence-corrected chi connectivity index (χ1v) is 10.2.